The zero-order chi connectivity index (χ0) is 17.9. The highest BCUT2D eigenvalue weighted by Crippen LogP contribution is 2.34. The van der Waals surface area contributed by atoms with Gasteiger partial charge in [0.15, 0.2) is 16.6 Å². The number of nitrogens with one attached hydrogen (secondary N) is 2. The van der Waals surface area contributed by atoms with Crippen LogP contribution in [0, 0.1) is 0 Å². The van der Waals surface area contributed by atoms with E-state index in [0.717, 1.165) is 0 Å². The number of amides is 2. The molecule has 0 fully saturated rings. The van der Waals surface area contributed by atoms with Crippen molar-refractivity contribution in [2.75, 3.05) is 17.4 Å². The van der Waals surface area contributed by atoms with Crippen LogP contribution >= 0.6 is 22.7 Å². The van der Waals surface area contributed by atoms with Crippen LogP contribution in [0.3, 0.4) is 0 Å². The molecule has 0 saturated heterocycles. The lowest BCUT2D eigenvalue weighted by Gasteiger charge is -2.05. The molecular formula is C17H13N3O4S2. The number of ether oxygens (including phenoxy) is 2. The number of fused-ring (bicyclic) bond motifs is 1. The molecule has 0 unspecified atom stereocenters. The van der Waals surface area contributed by atoms with E-state index in [1.807, 2.05) is 5.38 Å². The largest absolute Gasteiger partial charge is 0.454 e. The zero-order valence-corrected chi connectivity index (χ0v) is 15.0. The number of hydrogen-bond acceptors (Lipinski definition) is 7. The first-order valence-corrected chi connectivity index (χ1v) is 9.47. The van der Waals surface area contributed by atoms with Crippen LogP contribution in [0.25, 0.3) is 0 Å². The molecule has 2 aromatic heterocycles. The van der Waals surface area contributed by atoms with E-state index in [-0.39, 0.29) is 25.0 Å². The molecule has 26 heavy (non-hydrogen) atoms. The van der Waals surface area contributed by atoms with Gasteiger partial charge in [-0.25, -0.2) is 4.98 Å². The maximum atomic E-state index is 12.2. The van der Waals surface area contributed by atoms with Crippen LogP contribution in [-0.4, -0.2) is 23.6 Å². The summed E-state index contributed by atoms with van der Waals surface area (Å²) in [6, 6.07) is 6.96. The summed E-state index contributed by atoms with van der Waals surface area (Å²) in [6.45, 7) is 0.186. The van der Waals surface area contributed by atoms with Gasteiger partial charge in [0.05, 0.1) is 17.7 Å². The number of thiophene rings is 1. The van der Waals surface area contributed by atoms with Crippen LogP contribution in [0.5, 0.6) is 11.5 Å². The zero-order valence-electron chi connectivity index (χ0n) is 13.4. The minimum atomic E-state index is -0.211. The molecule has 7 nitrogen and oxygen atoms in total. The van der Waals surface area contributed by atoms with Crippen molar-refractivity contribution < 1.29 is 19.1 Å². The number of nitrogens with zero attached hydrogens (tertiary/aromatic N) is 1. The SMILES string of the molecule is O=C(Cc1csc(NC(=O)c2ccsc2)n1)Nc1ccc2c(c1)OCO2. The van der Waals surface area contributed by atoms with Crippen LogP contribution < -0.4 is 20.1 Å². The molecule has 3 aromatic rings. The lowest BCUT2D eigenvalue weighted by Crippen LogP contribution is -2.15. The third-order valence-corrected chi connectivity index (χ3v) is 5.04. The quantitative estimate of drug-likeness (QED) is 0.701. The third-order valence-electron chi connectivity index (χ3n) is 3.55. The molecule has 0 spiro atoms. The molecule has 0 aliphatic carbocycles. The Bertz CT molecular complexity index is 953. The molecule has 4 rings (SSSR count). The van der Waals surface area contributed by atoms with Gasteiger partial charge in [0.25, 0.3) is 5.91 Å². The molecule has 9 heteroatoms. The summed E-state index contributed by atoms with van der Waals surface area (Å²) < 4.78 is 10.5. The summed E-state index contributed by atoms with van der Waals surface area (Å²) in [5.41, 5.74) is 1.81. The maximum absolute atomic E-state index is 12.2. The fourth-order valence-electron chi connectivity index (χ4n) is 2.35. The van der Waals surface area contributed by atoms with Gasteiger partial charge in [-0.1, -0.05) is 0 Å². The fourth-order valence-corrected chi connectivity index (χ4v) is 3.69. The Hall–Kier alpha value is -2.91. The number of benzene rings is 1. The van der Waals surface area contributed by atoms with E-state index in [4.69, 9.17) is 9.47 Å². The predicted molar refractivity (Wildman–Crippen MR) is 99.3 cm³/mol. The smallest absolute Gasteiger partial charge is 0.258 e. The minimum absolute atomic E-state index is 0.110. The molecule has 3 heterocycles. The summed E-state index contributed by atoms with van der Waals surface area (Å²) >= 11 is 2.74. The van der Waals surface area contributed by atoms with Crippen molar-refractivity contribution in [3.8, 4) is 11.5 Å². The van der Waals surface area contributed by atoms with E-state index in [0.29, 0.717) is 33.6 Å². The number of aromatic nitrogens is 1. The third kappa shape index (κ3) is 3.68. The molecule has 0 radical (unpaired) electrons. The summed E-state index contributed by atoms with van der Waals surface area (Å²) in [7, 11) is 0. The topological polar surface area (TPSA) is 89.6 Å². The second-order valence-corrected chi connectivity index (χ2v) is 7.04. The summed E-state index contributed by atoms with van der Waals surface area (Å²) in [5.74, 6) is 0.852. The van der Waals surface area contributed by atoms with Crippen molar-refractivity contribution in [2.45, 2.75) is 6.42 Å². The van der Waals surface area contributed by atoms with E-state index in [1.54, 1.807) is 35.0 Å². The first-order chi connectivity index (χ1) is 12.7. The summed E-state index contributed by atoms with van der Waals surface area (Å²) in [5, 5.41) is 11.3. The first kappa shape index (κ1) is 16.6. The van der Waals surface area contributed by atoms with Gasteiger partial charge in [-0.15, -0.1) is 11.3 Å². The summed E-state index contributed by atoms with van der Waals surface area (Å²) in [6.07, 6.45) is 0.110. The van der Waals surface area contributed by atoms with E-state index < -0.39 is 0 Å². The van der Waals surface area contributed by atoms with Crippen LogP contribution in [-0.2, 0) is 11.2 Å². The Morgan fingerprint density at radius 2 is 2.00 bits per heavy atom. The maximum Gasteiger partial charge on any atom is 0.258 e. The highest BCUT2D eigenvalue weighted by molar-refractivity contribution is 7.14. The van der Waals surface area contributed by atoms with Gasteiger partial charge < -0.3 is 14.8 Å². The van der Waals surface area contributed by atoms with Crippen molar-refractivity contribution in [1.29, 1.82) is 0 Å². The monoisotopic (exact) mass is 387 g/mol. The lowest BCUT2D eigenvalue weighted by atomic mass is 10.2. The second-order valence-electron chi connectivity index (χ2n) is 5.40. The van der Waals surface area contributed by atoms with Gasteiger partial charge in [0, 0.05) is 22.5 Å². The van der Waals surface area contributed by atoms with Crippen molar-refractivity contribution in [2.24, 2.45) is 0 Å². The molecule has 2 N–H and O–H groups in total. The van der Waals surface area contributed by atoms with Gasteiger partial charge in [-0.3, -0.25) is 14.9 Å². The van der Waals surface area contributed by atoms with Gasteiger partial charge in [-0.05, 0) is 23.6 Å². The number of carbonyl (C=O) groups excluding carboxylic acids is 2. The van der Waals surface area contributed by atoms with Crippen LogP contribution in [0.2, 0.25) is 0 Å². The molecule has 1 aliphatic rings. The molecule has 1 aromatic carbocycles. The number of thiazole rings is 1. The standard InChI is InChI=1S/C17H13N3O4S2/c21-15(18-11-1-2-13-14(5-11)24-9-23-13)6-12-8-26-17(19-12)20-16(22)10-3-4-25-7-10/h1-5,7-8H,6,9H2,(H,18,21)(H,19,20,22). The Morgan fingerprint density at radius 3 is 2.85 bits per heavy atom. The molecule has 132 valence electrons. The molecule has 0 atom stereocenters. The number of carbonyl (C=O) groups is 2. The van der Waals surface area contributed by atoms with Crippen LogP contribution in [0.1, 0.15) is 16.1 Å². The van der Waals surface area contributed by atoms with Crippen LogP contribution in [0.15, 0.2) is 40.4 Å². The minimum Gasteiger partial charge on any atom is -0.454 e. The Balaban J connectivity index is 1.35. The van der Waals surface area contributed by atoms with Crippen LogP contribution in [0.4, 0.5) is 10.8 Å². The molecular weight excluding hydrogens is 374 g/mol. The first-order valence-electron chi connectivity index (χ1n) is 7.65. The number of hydrogen-bond donors (Lipinski definition) is 2. The molecule has 1 aliphatic heterocycles. The molecule has 2 amide bonds. The van der Waals surface area contributed by atoms with E-state index in [1.165, 1.54) is 22.7 Å². The number of rotatable bonds is 5. The van der Waals surface area contributed by atoms with Gasteiger partial charge in [-0.2, -0.15) is 11.3 Å². The fraction of sp³-hybridized carbons (Fsp3) is 0.118. The Morgan fingerprint density at radius 1 is 1.12 bits per heavy atom. The van der Waals surface area contributed by atoms with E-state index in [2.05, 4.69) is 15.6 Å². The van der Waals surface area contributed by atoms with Gasteiger partial charge in [0.1, 0.15) is 0 Å². The Labute approximate surface area is 156 Å². The summed E-state index contributed by atoms with van der Waals surface area (Å²) in [4.78, 5) is 28.5. The average Bonchev–Trinajstić information content (AvgIpc) is 3.36. The highest BCUT2D eigenvalue weighted by Gasteiger charge is 2.15. The lowest BCUT2D eigenvalue weighted by molar-refractivity contribution is -0.115. The van der Waals surface area contributed by atoms with E-state index in [9.17, 15) is 9.59 Å². The highest BCUT2D eigenvalue weighted by atomic mass is 32.1. The van der Waals surface area contributed by atoms with Crippen molar-refractivity contribution in [1.82, 2.24) is 4.98 Å². The Kier molecular flexibility index (Phi) is 4.55. The normalized spacial score (nSPS) is 12.0. The molecule has 0 saturated carbocycles. The van der Waals surface area contributed by atoms with E-state index >= 15 is 0 Å². The number of anilines is 2. The van der Waals surface area contributed by atoms with Crippen molar-refractivity contribution in [3.63, 3.8) is 0 Å². The van der Waals surface area contributed by atoms with Crippen molar-refractivity contribution >= 4 is 45.3 Å². The van der Waals surface area contributed by atoms with Crippen molar-refractivity contribution in [3.05, 3.63) is 51.7 Å². The second kappa shape index (κ2) is 7.14. The average molecular weight is 387 g/mol. The molecule has 0 bridgehead atoms. The van der Waals surface area contributed by atoms with Gasteiger partial charge in [0.2, 0.25) is 12.7 Å². The van der Waals surface area contributed by atoms with Gasteiger partial charge >= 0.3 is 0 Å². The predicted octanol–water partition coefficient (Wildman–Crippen LogP) is 3.37.